The van der Waals surface area contributed by atoms with E-state index in [1.54, 1.807) is 0 Å². The standard InChI is InChI=1S/C9H8F3NO3/c10-9(11,12)6-3-4(14)1-2-5(6)7(13)8(15)16/h1-3,7,14H,13H2,(H,15,16). The van der Waals surface area contributed by atoms with Crippen molar-refractivity contribution in [3.63, 3.8) is 0 Å². The van der Waals surface area contributed by atoms with Gasteiger partial charge in [0, 0.05) is 0 Å². The molecule has 88 valence electrons. The maximum Gasteiger partial charge on any atom is 0.416 e. The molecule has 0 saturated carbocycles. The molecule has 0 radical (unpaired) electrons. The van der Waals surface area contributed by atoms with Crippen molar-refractivity contribution in [2.45, 2.75) is 12.2 Å². The zero-order valence-corrected chi connectivity index (χ0v) is 7.82. The van der Waals surface area contributed by atoms with Crippen LogP contribution in [0, 0.1) is 0 Å². The number of aliphatic carboxylic acids is 1. The Labute approximate surface area is 88.1 Å². The number of phenolic OH excluding ortho intramolecular Hbond substituents is 1. The van der Waals surface area contributed by atoms with E-state index in [1.165, 1.54) is 0 Å². The molecular formula is C9H8F3NO3. The SMILES string of the molecule is NC(C(=O)O)c1ccc(O)cc1C(F)(F)F. The third-order valence-electron chi connectivity index (χ3n) is 1.94. The van der Waals surface area contributed by atoms with Gasteiger partial charge in [0.15, 0.2) is 0 Å². The first-order valence-electron chi connectivity index (χ1n) is 4.12. The molecule has 1 atom stereocenters. The Balaban J connectivity index is 3.34. The van der Waals surface area contributed by atoms with Crippen LogP contribution in [0.5, 0.6) is 5.75 Å². The first kappa shape index (κ1) is 12.3. The summed E-state index contributed by atoms with van der Waals surface area (Å²) in [5, 5.41) is 17.5. The Morgan fingerprint density at radius 3 is 2.38 bits per heavy atom. The lowest BCUT2D eigenvalue weighted by atomic mass is 10.00. The van der Waals surface area contributed by atoms with Gasteiger partial charge in [-0.3, -0.25) is 4.79 Å². The van der Waals surface area contributed by atoms with Crippen molar-refractivity contribution in [2.24, 2.45) is 5.73 Å². The molecule has 0 bridgehead atoms. The summed E-state index contributed by atoms with van der Waals surface area (Å²) in [6.07, 6.45) is -4.76. The van der Waals surface area contributed by atoms with Crippen molar-refractivity contribution in [3.05, 3.63) is 29.3 Å². The highest BCUT2D eigenvalue weighted by Gasteiger charge is 2.36. The molecule has 0 spiro atoms. The van der Waals surface area contributed by atoms with Gasteiger partial charge in [0.2, 0.25) is 0 Å². The molecule has 0 fully saturated rings. The second-order valence-electron chi connectivity index (χ2n) is 3.09. The molecule has 0 aromatic heterocycles. The number of phenols is 1. The predicted molar refractivity (Wildman–Crippen MR) is 47.7 cm³/mol. The molecule has 0 aliphatic rings. The number of halogens is 3. The van der Waals surface area contributed by atoms with Crippen LogP contribution in [0.4, 0.5) is 13.2 Å². The van der Waals surface area contributed by atoms with Crippen molar-refractivity contribution < 1.29 is 28.2 Å². The van der Waals surface area contributed by atoms with Gasteiger partial charge < -0.3 is 15.9 Å². The number of alkyl halides is 3. The van der Waals surface area contributed by atoms with E-state index in [1.807, 2.05) is 0 Å². The molecule has 7 heteroatoms. The first-order chi connectivity index (χ1) is 7.23. The minimum atomic E-state index is -4.76. The molecule has 0 saturated heterocycles. The van der Waals surface area contributed by atoms with Gasteiger partial charge in [-0.1, -0.05) is 6.07 Å². The molecule has 0 heterocycles. The number of hydrogen-bond acceptors (Lipinski definition) is 3. The fraction of sp³-hybridized carbons (Fsp3) is 0.222. The van der Waals surface area contributed by atoms with E-state index in [0.29, 0.717) is 6.07 Å². The Morgan fingerprint density at radius 2 is 1.94 bits per heavy atom. The van der Waals surface area contributed by atoms with Crippen LogP contribution in [-0.4, -0.2) is 16.2 Å². The number of carbonyl (C=O) groups is 1. The number of rotatable bonds is 2. The zero-order chi connectivity index (χ0) is 12.5. The van der Waals surface area contributed by atoms with Crippen molar-refractivity contribution in [3.8, 4) is 5.75 Å². The van der Waals surface area contributed by atoms with Crippen LogP contribution in [0.15, 0.2) is 18.2 Å². The van der Waals surface area contributed by atoms with Crippen LogP contribution < -0.4 is 5.73 Å². The van der Waals surface area contributed by atoms with Crippen molar-refractivity contribution >= 4 is 5.97 Å². The molecular weight excluding hydrogens is 227 g/mol. The summed E-state index contributed by atoms with van der Waals surface area (Å²) in [7, 11) is 0. The molecule has 0 aliphatic heterocycles. The lowest BCUT2D eigenvalue weighted by Gasteiger charge is -2.15. The lowest BCUT2D eigenvalue weighted by Crippen LogP contribution is -2.24. The van der Waals surface area contributed by atoms with Gasteiger partial charge >= 0.3 is 12.1 Å². The van der Waals surface area contributed by atoms with Gasteiger partial charge in [-0.15, -0.1) is 0 Å². The van der Waals surface area contributed by atoms with Crippen LogP contribution in [0.1, 0.15) is 17.2 Å². The number of carboxylic acid groups (broad SMARTS) is 1. The van der Waals surface area contributed by atoms with Crippen LogP contribution in [0.2, 0.25) is 0 Å². The third-order valence-corrected chi connectivity index (χ3v) is 1.94. The average Bonchev–Trinajstić information content (AvgIpc) is 2.15. The van der Waals surface area contributed by atoms with Crippen LogP contribution >= 0.6 is 0 Å². The largest absolute Gasteiger partial charge is 0.508 e. The van der Waals surface area contributed by atoms with Crippen molar-refractivity contribution in [1.82, 2.24) is 0 Å². The van der Waals surface area contributed by atoms with Gasteiger partial charge in [-0.25, -0.2) is 0 Å². The second kappa shape index (κ2) is 4.01. The summed E-state index contributed by atoms with van der Waals surface area (Å²) in [5.74, 6) is -2.18. The van der Waals surface area contributed by atoms with Gasteiger partial charge in [0.1, 0.15) is 11.8 Å². The molecule has 1 rings (SSSR count). The highest BCUT2D eigenvalue weighted by Crippen LogP contribution is 2.36. The fourth-order valence-electron chi connectivity index (χ4n) is 1.19. The van der Waals surface area contributed by atoms with E-state index in [9.17, 15) is 18.0 Å². The van der Waals surface area contributed by atoms with Crippen LogP contribution in [-0.2, 0) is 11.0 Å². The summed E-state index contributed by atoms with van der Waals surface area (Å²) in [4.78, 5) is 10.5. The molecule has 1 aromatic rings. The quantitative estimate of drug-likeness (QED) is 0.725. The summed E-state index contributed by atoms with van der Waals surface area (Å²) < 4.78 is 37.5. The summed E-state index contributed by atoms with van der Waals surface area (Å²) in [6.45, 7) is 0. The fourth-order valence-corrected chi connectivity index (χ4v) is 1.19. The predicted octanol–water partition coefficient (Wildman–Crippen LogP) is 1.50. The van der Waals surface area contributed by atoms with E-state index in [4.69, 9.17) is 15.9 Å². The van der Waals surface area contributed by atoms with E-state index in [0.717, 1.165) is 12.1 Å². The zero-order valence-electron chi connectivity index (χ0n) is 7.82. The normalized spacial score (nSPS) is 13.5. The van der Waals surface area contributed by atoms with Crippen molar-refractivity contribution in [1.29, 1.82) is 0 Å². The number of hydrogen-bond donors (Lipinski definition) is 3. The Bertz CT molecular complexity index is 417. The van der Waals surface area contributed by atoms with Crippen LogP contribution in [0.3, 0.4) is 0 Å². The van der Waals surface area contributed by atoms with Crippen molar-refractivity contribution in [2.75, 3.05) is 0 Å². The maximum atomic E-state index is 12.5. The summed E-state index contributed by atoms with van der Waals surface area (Å²) in [5.41, 5.74) is 3.27. The number of aromatic hydroxyl groups is 1. The summed E-state index contributed by atoms with van der Waals surface area (Å²) >= 11 is 0. The van der Waals surface area contributed by atoms with Gasteiger partial charge in [-0.2, -0.15) is 13.2 Å². The number of nitrogens with two attached hydrogens (primary N) is 1. The molecule has 1 aromatic carbocycles. The highest BCUT2D eigenvalue weighted by atomic mass is 19.4. The molecule has 0 aliphatic carbocycles. The Hall–Kier alpha value is -1.76. The van der Waals surface area contributed by atoms with E-state index < -0.39 is 35.1 Å². The van der Waals surface area contributed by atoms with E-state index in [-0.39, 0.29) is 0 Å². The lowest BCUT2D eigenvalue weighted by molar-refractivity contribution is -0.141. The monoisotopic (exact) mass is 235 g/mol. The molecule has 16 heavy (non-hydrogen) atoms. The maximum absolute atomic E-state index is 12.5. The smallest absolute Gasteiger partial charge is 0.416 e. The van der Waals surface area contributed by atoms with E-state index >= 15 is 0 Å². The van der Waals surface area contributed by atoms with Gasteiger partial charge in [0.25, 0.3) is 0 Å². The van der Waals surface area contributed by atoms with E-state index in [2.05, 4.69) is 0 Å². The molecule has 1 unspecified atom stereocenters. The summed E-state index contributed by atoms with van der Waals surface area (Å²) in [6, 6.07) is 0.458. The topological polar surface area (TPSA) is 83.6 Å². The molecule has 0 amide bonds. The first-order valence-corrected chi connectivity index (χ1v) is 4.12. The number of carboxylic acids is 1. The van der Waals surface area contributed by atoms with Gasteiger partial charge in [0.05, 0.1) is 5.56 Å². The van der Waals surface area contributed by atoms with Crippen LogP contribution in [0.25, 0.3) is 0 Å². The Kier molecular flexibility index (Phi) is 3.09. The molecule has 4 nitrogen and oxygen atoms in total. The van der Waals surface area contributed by atoms with Gasteiger partial charge in [-0.05, 0) is 17.7 Å². The average molecular weight is 235 g/mol. The minimum Gasteiger partial charge on any atom is -0.508 e. The molecule has 4 N–H and O–H groups in total. The second-order valence-corrected chi connectivity index (χ2v) is 3.09. The minimum absolute atomic E-state index is 0.443. The third kappa shape index (κ3) is 2.43. The highest BCUT2D eigenvalue weighted by molar-refractivity contribution is 5.76. The Morgan fingerprint density at radius 1 is 1.38 bits per heavy atom. The number of benzene rings is 1.